The van der Waals surface area contributed by atoms with E-state index in [2.05, 4.69) is 0 Å². The number of nitrogens with zero attached hydrogens (tertiary/aromatic N) is 1. The fourth-order valence-electron chi connectivity index (χ4n) is 2.43. The molecule has 0 bridgehead atoms. The highest BCUT2D eigenvalue weighted by molar-refractivity contribution is 7.99. The molecule has 6 heteroatoms. The van der Waals surface area contributed by atoms with E-state index < -0.39 is 11.6 Å². The van der Waals surface area contributed by atoms with Gasteiger partial charge in [0, 0.05) is 31.7 Å². The molecule has 0 aromatic heterocycles. The number of hydrogen-bond donors (Lipinski definition) is 2. The molecule has 1 aliphatic heterocycles. The summed E-state index contributed by atoms with van der Waals surface area (Å²) in [6, 6.07) is 9.95. The largest absolute Gasteiger partial charge is 0.479 e. The molecule has 1 heterocycles. The predicted molar refractivity (Wildman–Crippen MR) is 85.6 cm³/mol. The van der Waals surface area contributed by atoms with Gasteiger partial charge in [0.05, 0.1) is 5.25 Å². The van der Waals surface area contributed by atoms with Crippen molar-refractivity contribution in [3.8, 4) is 0 Å². The fourth-order valence-corrected chi connectivity index (χ4v) is 3.36. The van der Waals surface area contributed by atoms with Crippen LogP contribution in [0.2, 0.25) is 0 Å². The molecule has 0 aliphatic carbocycles. The Bertz CT molecular complexity index is 526. The fraction of sp³-hybridized carbons (Fsp3) is 0.500. The van der Waals surface area contributed by atoms with Gasteiger partial charge in [0.15, 0.2) is 5.60 Å². The monoisotopic (exact) mass is 323 g/mol. The summed E-state index contributed by atoms with van der Waals surface area (Å²) in [5, 5.41) is 18.7. The van der Waals surface area contributed by atoms with Crippen LogP contribution < -0.4 is 0 Å². The van der Waals surface area contributed by atoms with Crippen LogP contribution >= 0.6 is 11.8 Å². The Morgan fingerprint density at radius 1 is 1.27 bits per heavy atom. The van der Waals surface area contributed by atoms with Gasteiger partial charge in [0.2, 0.25) is 5.91 Å². The molecule has 1 saturated heterocycles. The maximum atomic E-state index is 12.4. The summed E-state index contributed by atoms with van der Waals surface area (Å²) in [4.78, 5) is 25.0. The molecule has 22 heavy (non-hydrogen) atoms. The number of carbonyl (C=O) groups excluding carboxylic acids is 1. The molecule has 1 aromatic rings. The number of likely N-dealkylation sites (tertiary alicyclic amines) is 1. The minimum atomic E-state index is -1.68. The summed E-state index contributed by atoms with van der Waals surface area (Å²) in [5.41, 5.74) is -0.511. The van der Waals surface area contributed by atoms with Crippen molar-refractivity contribution >= 4 is 23.6 Å². The molecular weight excluding hydrogens is 302 g/mol. The highest BCUT2D eigenvalue weighted by Gasteiger charge is 2.40. The van der Waals surface area contributed by atoms with Gasteiger partial charge in [0.25, 0.3) is 0 Å². The van der Waals surface area contributed by atoms with E-state index in [9.17, 15) is 14.7 Å². The Morgan fingerprint density at radius 3 is 2.41 bits per heavy atom. The quantitative estimate of drug-likeness (QED) is 0.863. The summed E-state index contributed by atoms with van der Waals surface area (Å²) in [7, 11) is 0. The summed E-state index contributed by atoms with van der Waals surface area (Å²) >= 11 is 1.57. The number of carbonyl (C=O) groups is 2. The lowest BCUT2D eigenvalue weighted by atomic mass is 9.91. The first-order valence-electron chi connectivity index (χ1n) is 7.32. The van der Waals surface area contributed by atoms with E-state index in [1.165, 1.54) is 5.56 Å². The molecule has 0 spiro atoms. The zero-order valence-corrected chi connectivity index (χ0v) is 13.4. The van der Waals surface area contributed by atoms with Crippen molar-refractivity contribution in [3.05, 3.63) is 35.9 Å². The van der Waals surface area contributed by atoms with Crippen molar-refractivity contribution in [3.63, 3.8) is 0 Å². The van der Waals surface area contributed by atoms with Crippen molar-refractivity contribution in [2.24, 2.45) is 0 Å². The minimum Gasteiger partial charge on any atom is -0.479 e. The van der Waals surface area contributed by atoms with Crippen molar-refractivity contribution in [2.45, 2.75) is 36.4 Å². The van der Waals surface area contributed by atoms with Crippen molar-refractivity contribution in [1.82, 2.24) is 4.90 Å². The lowest BCUT2D eigenvalue weighted by Gasteiger charge is -2.36. The van der Waals surface area contributed by atoms with Crippen molar-refractivity contribution in [1.29, 1.82) is 0 Å². The summed E-state index contributed by atoms with van der Waals surface area (Å²) in [6.45, 7) is 2.45. The predicted octanol–water partition coefficient (Wildman–Crippen LogP) is 1.75. The molecule has 1 aliphatic rings. The van der Waals surface area contributed by atoms with Crippen LogP contribution in [0.15, 0.2) is 30.3 Å². The molecule has 2 rings (SSSR count). The standard InChI is InChI=1S/C16H21NO4S/c1-12(22-11-13-5-3-2-4-6-13)14(18)17-9-7-16(21,8-10-17)15(19)20/h2-6,12,21H,7-11H2,1H3,(H,19,20). The van der Waals surface area contributed by atoms with Crippen LogP contribution in [0.25, 0.3) is 0 Å². The average Bonchev–Trinajstić information content (AvgIpc) is 2.53. The van der Waals surface area contributed by atoms with Crippen LogP contribution in [0.5, 0.6) is 0 Å². The van der Waals surface area contributed by atoms with Crippen molar-refractivity contribution < 1.29 is 19.8 Å². The van der Waals surface area contributed by atoms with Gasteiger partial charge in [-0.3, -0.25) is 4.79 Å². The maximum Gasteiger partial charge on any atom is 0.335 e. The number of amides is 1. The van der Waals surface area contributed by atoms with Gasteiger partial charge in [-0.15, -0.1) is 11.8 Å². The Kier molecular flexibility index (Phi) is 5.47. The number of benzene rings is 1. The van der Waals surface area contributed by atoms with Crippen LogP contribution in [0.1, 0.15) is 25.3 Å². The number of carboxylic acids is 1. The van der Waals surface area contributed by atoms with E-state index in [4.69, 9.17) is 5.11 Å². The van der Waals surface area contributed by atoms with Gasteiger partial charge in [-0.1, -0.05) is 30.3 Å². The first kappa shape index (κ1) is 16.8. The first-order chi connectivity index (χ1) is 10.4. The maximum absolute atomic E-state index is 12.4. The van der Waals surface area contributed by atoms with Crippen LogP contribution in [0.3, 0.4) is 0 Å². The average molecular weight is 323 g/mol. The van der Waals surface area contributed by atoms with Gasteiger partial charge in [-0.25, -0.2) is 4.79 Å². The number of carboxylic acid groups (broad SMARTS) is 1. The molecule has 1 unspecified atom stereocenters. The Labute approximate surface area is 134 Å². The topological polar surface area (TPSA) is 77.8 Å². The van der Waals surface area contributed by atoms with Gasteiger partial charge in [-0.2, -0.15) is 0 Å². The third kappa shape index (κ3) is 4.01. The second-order valence-electron chi connectivity index (χ2n) is 5.60. The molecule has 1 amide bonds. The Hall–Kier alpha value is -1.53. The van der Waals surface area contributed by atoms with Crippen molar-refractivity contribution in [2.75, 3.05) is 13.1 Å². The summed E-state index contributed by atoms with van der Waals surface area (Å²) in [5.74, 6) is -0.430. The van der Waals surface area contributed by atoms with Crippen LogP contribution in [0, 0.1) is 0 Å². The highest BCUT2D eigenvalue weighted by atomic mass is 32.2. The van der Waals surface area contributed by atoms with E-state index in [0.717, 1.165) is 5.75 Å². The SMILES string of the molecule is CC(SCc1ccccc1)C(=O)N1CCC(O)(C(=O)O)CC1. The lowest BCUT2D eigenvalue weighted by Crippen LogP contribution is -2.52. The van der Waals surface area contributed by atoms with Gasteiger partial charge < -0.3 is 15.1 Å². The summed E-state index contributed by atoms with van der Waals surface area (Å²) < 4.78 is 0. The Morgan fingerprint density at radius 2 is 1.86 bits per heavy atom. The number of rotatable bonds is 5. The normalized spacial score (nSPS) is 18.7. The number of aliphatic carboxylic acids is 1. The molecule has 1 aromatic carbocycles. The van der Waals surface area contributed by atoms with Crippen LogP contribution in [-0.2, 0) is 15.3 Å². The highest BCUT2D eigenvalue weighted by Crippen LogP contribution is 2.25. The van der Waals surface area contributed by atoms with Gasteiger partial charge in [0.1, 0.15) is 0 Å². The third-order valence-corrected chi connectivity index (χ3v) is 5.19. The molecule has 1 fully saturated rings. The molecule has 0 radical (unpaired) electrons. The van der Waals surface area contributed by atoms with Crippen LogP contribution in [0.4, 0.5) is 0 Å². The van der Waals surface area contributed by atoms with E-state index in [1.807, 2.05) is 37.3 Å². The minimum absolute atomic E-state index is 0.00775. The molecular formula is C16H21NO4S. The molecule has 5 nitrogen and oxygen atoms in total. The van der Waals surface area contributed by atoms with E-state index in [-0.39, 0.29) is 37.1 Å². The number of thioether (sulfide) groups is 1. The molecule has 2 N–H and O–H groups in total. The van der Waals surface area contributed by atoms with Gasteiger partial charge in [-0.05, 0) is 12.5 Å². The van der Waals surface area contributed by atoms with E-state index in [1.54, 1.807) is 16.7 Å². The zero-order chi connectivity index (χ0) is 16.2. The molecule has 120 valence electrons. The summed E-state index contributed by atoms with van der Waals surface area (Å²) in [6.07, 6.45) is 0.175. The first-order valence-corrected chi connectivity index (χ1v) is 8.37. The smallest absolute Gasteiger partial charge is 0.335 e. The third-order valence-electron chi connectivity index (χ3n) is 3.99. The zero-order valence-electron chi connectivity index (χ0n) is 12.6. The van der Waals surface area contributed by atoms with Gasteiger partial charge >= 0.3 is 5.97 Å². The van der Waals surface area contributed by atoms with E-state index in [0.29, 0.717) is 0 Å². The second-order valence-corrected chi connectivity index (χ2v) is 6.93. The molecule has 1 atom stereocenters. The van der Waals surface area contributed by atoms with E-state index >= 15 is 0 Å². The lowest BCUT2D eigenvalue weighted by molar-refractivity contribution is -0.165. The number of piperidine rings is 1. The number of hydrogen-bond acceptors (Lipinski definition) is 4. The second kappa shape index (κ2) is 7.15. The number of aliphatic hydroxyl groups is 1. The molecule has 0 saturated carbocycles. The Balaban J connectivity index is 1.83. The van der Waals surface area contributed by atoms with Crippen LogP contribution in [-0.4, -0.2) is 50.9 Å².